The zero-order valence-electron chi connectivity index (χ0n) is 12.7. The molecule has 2 heterocycles. The number of hydrogen-bond acceptors (Lipinski definition) is 4. The molecule has 0 bridgehead atoms. The van der Waals surface area contributed by atoms with Crippen molar-refractivity contribution in [2.45, 2.75) is 6.04 Å². The topological polar surface area (TPSA) is 91.0 Å². The lowest BCUT2D eigenvalue weighted by atomic mass is 10.1. The van der Waals surface area contributed by atoms with Crippen molar-refractivity contribution < 1.29 is 19.1 Å². The fourth-order valence-electron chi connectivity index (χ4n) is 2.80. The number of anilines is 1. The Bertz CT molecular complexity index is 648. The molecule has 2 saturated heterocycles. The van der Waals surface area contributed by atoms with Crippen LogP contribution in [0, 0.1) is 0 Å². The molecule has 23 heavy (non-hydrogen) atoms. The maximum absolute atomic E-state index is 12.4. The molecule has 1 atom stereocenters. The molecule has 0 spiro atoms. The fourth-order valence-corrected chi connectivity index (χ4v) is 2.80. The van der Waals surface area contributed by atoms with E-state index < -0.39 is 11.8 Å². The highest BCUT2D eigenvalue weighted by molar-refractivity contribution is 6.35. The van der Waals surface area contributed by atoms with Gasteiger partial charge in [0, 0.05) is 37.9 Å². The first-order chi connectivity index (χ1) is 11.1. The molecule has 2 aliphatic heterocycles. The van der Waals surface area contributed by atoms with Gasteiger partial charge in [-0.25, -0.2) is 4.79 Å². The van der Waals surface area contributed by atoms with Crippen molar-refractivity contribution in [2.75, 3.05) is 38.6 Å². The summed E-state index contributed by atoms with van der Waals surface area (Å²) in [4.78, 5) is 38.7. The van der Waals surface area contributed by atoms with E-state index in [1.165, 1.54) is 4.90 Å². The van der Waals surface area contributed by atoms with Gasteiger partial charge < -0.3 is 25.2 Å². The predicted octanol–water partition coefficient (Wildman–Crippen LogP) is -0.130. The minimum absolute atomic E-state index is 0.176. The van der Waals surface area contributed by atoms with Gasteiger partial charge in [0.2, 0.25) is 0 Å². The Morgan fingerprint density at radius 1 is 1.35 bits per heavy atom. The van der Waals surface area contributed by atoms with Crippen molar-refractivity contribution in [3.05, 3.63) is 24.3 Å². The van der Waals surface area contributed by atoms with E-state index in [9.17, 15) is 14.4 Å². The SMILES string of the molecule is COc1cccc(NC(=O)N2CCN3C(=O)C(=O)NC[C@H]3C2)c1. The quantitative estimate of drug-likeness (QED) is 0.743. The number of nitrogens with one attached hydrogen (secondary N) is 2. The Kier molecular flexibility index (Phi) is 4.05. The van der Waals surface area contributed by atoms with E-state index in [4.69, 9.17) is 4.74 Å². The van der Waals surface area contributed by atoms with Crippen LogP contribution in [0.15, 0.2) is 24.3 Å². The van der Waals surface area contributed by atoms with Gasteiger partial charge in [-0.15, -0.1) is 0 Å². The lowest BCUT2D eigenvalue weighted by Crippen LogP contribution is -2.66. The monoisotopic (exact) mass is 318 g/mol. The summed E-state index contributed by atoms with van der Waals surface area (Å²) >= 11 is 0. The number of ether oxygens (including phenoxy) is 1. The lowest BCUT2D eigenvalue weighted by molar-refractivity contribution is -0.152. The van der Waals surface area contributed by atoms with Gasteiger partial charge >= 0.3 is 17.8 Å². The van der Waals surface area contributed by atoms with Crippen LogP contribution in [-0.4, -0.2) is 67.0 Å². The minimum Gasteiger partial charge on any atom is -0.497 e. The zero-order chi connectivity index (χ0) is 16.4. The van der Waals surface area contributed by atoms with Gasteiger partial charge in [0.1, 0.15) is 5.75 Å². The number of carbonyl (C=O) groups excluding carboxylic acids is 3. The van der Waals surface area contributed by atoms with Crippen LogP contribution in [0.1, 0.15) is 0 Å². The van der Waals surface area contributed by atoms with Crippen LogP contribution in [0.5, 0.6) is 5.75 Å². The second-order valence-corrected chi connectivity index (χ2v) is 5.47. The Hall–Kier alpha value is -2.77. The van der Waals surface area contributed by atoms with Gasteiger partial charge in [0.25, 0.3) is 0 Å². The van der Waals surface area contributed by atoms with Crippen LogP contribution in [-0.2, 0) is 9.59 Å². The Morgan fingerprint density at radius 2 is 2.17 bits per heavy atom. The number of piperazine rings is 2. The highest BCUT2D eigenvalue weighted by atomic mass is 16.5. The summed E-state index contributed by atoms with van der Waals surface area (Å²) in [5.74, 6) is -0.433. The normalized spacial score (nSPS) is 20.7. The number of urea groups is 1. The highest BCUT2D eigenvalue weighted by Crippen LogP contribution is 2.18. The number of nitrogens with zero attached hydrogens (tertiary/aromatic N) is 2. The van der Waals surface area contributed by atoms with Gasteiger partial charge in [-0.1, -0.05) is 6.07 Å². The van der Waals surface area contributed by atoms with Crippen LogP contribution < -0.4 is 15.4 Å². The van der Waals surface area contributed by atoms with Gasteiger partial charge in [-0.3, -0.25) is 9.59 Å². The maximum atomic E-state index is 12.4. The summed E-state index contributed by atoms with van der Waals surface area (Å²) < 4.78 is 5.13. The van der Waals surface area contributed by atoms with Crippen LogP contribution in [0.4, 0.5) is 10.5 Å². The van der Waals surface area contributed by atoms with Crippen LogP contribution in [0.3, 0.4) is 0 Å². The van der Waals surface area contributed by atoms with E-state index in [2.05, 4.69) is 10.6 Å². The first-order valence-electron chi connectivity index (χ1n) is 7.37. The number of benzene rings is 1. The van der Waals surface area contributed by atoms with Gasteiger partial charge in [-0.2, -0.15) is 0 Å². The fraction of sp³-hybridized carbons (Fsp3) is 0.400. The second-order valence-electron chi connectivity index (χ2n) is 5.47. The van der Waals surface area contributed by atoms with Crippen molar-refractivity contribution in [3.8, 4) is 5.75 Å². The summed E-state index contributed by atoms with van der Waals surface area (Å²) in [6.07, 6.45) is 0. The summed E-state index contributed by atoms with van der Waals surface area (Å²) in [6.45, 7) is 1.52. The summed E-state index contributed by atoms with van der Waals surface area (Å²) in [5.41, 5.74) is 0.643. The molecule has 0 aromatic heterocycles. The first-order valence-corrected chi connectivity index (χ1v) is 7.37. The molecule has 0 unspecified atom stereocenters. The molecule has 8 heteroatoms. The molecule has 2 N–H and O–H groups in total. The number of methoxy groups -OCH3 is 1. The van der Waals surface area contributed by atoms with Crippen molar-refractivity contribution >= 4 is 23.5 Å². The summed E-state index contributed by atoms with van der Waals surface area (Å²) in [7, 11) is 1.56. The predicted molar refractivity (Wildman–Crippen MR) is 82.1 cm³/mol. The van der Waals surface area contributed by atoms with E-state index in [0.29, 0.717) is 37.6 Å². The number of hydrogen-bond donors (Lipinski definition) is 2. The minimum atomic E-state index is -0.574. The largest absolute Gasteiger partial charge is 0.497 e. The second kappa shape index (κ2) is 6.15. The molecule has 0 radical (unpaired) electrons. The van der Waals surface area contributed by atoms with Crippen molar-refractivity contribution in [1.82, 2.24) is 15.1 Å². The van der Waals surface area contributed by atoms with E-state index in [0.717, 1.165) is 0 Å². The average molecular weight is 318 g/mol. The molecular weight excluding hydrogens is 300 g/mol. The number of rotatable bonds is 2. The first kappa shape index (κ1) is 15.1. The molecule has 8 nitrogen and oxygen atoms in total. The van der Waals surface area contributed by atoms with Crippen LogP contribution >= 0.6 is 0 Å². The Morgan fingerprint density at radius 3 is 2.96 bits per heavy atom. The third-order valence-corrected chi connectivity index (χ3v) is 4.04. The highest BCUT2D eigenvalue weighted by Gasteiger charge is 2.38. The third kappa shape index (κ3) is 3.05. The van der Waals surface area contributed by atoms with E-state index in [-0.39, 0.29) is 12.1 Å². The van der Waals surface area contributed by atoms with Gasteiger partial charge in [0.05, 0.1) is 13.2 Å². The smallest absolute Gasteiger partial charge is 0.321 e. The maximum Gasteiger partial charge on any atom is 0.321 e. The molecule has 2 aliphatic rings. The van der Waals surface area contributed by atoms with E-state index in [1.807, 2.05) is 0 Å². The molecule has 3 rings (SSSR count). The summed E-state index contributed by atoms with van der Waals surface area (Å²) in [6, 6.07) is 6.69. The Balaban J connectivity index is 1.63. The van der Waals surface area contributed by atoms with Crippen LogP contribution in [0.25, 0.3) is 0 Å². The third-order valence-electron chi connectivity index (χ3n) is 4.04. The molecule has 1 aromatic carbocycles. The molecular formula is C15H18N4O4. The average Bonchev–Trinajstić information content (AvgIpc) is 2.58. The van der Waals surface area contributed by atoms with Crippen molar-refractivity contribution in [3.63, 3.8) is 0 Å². The Labute approximate surface area is 133 Å². The molecule has 2 fully saturated rings. The van der Waals surface area contributed by atoms with E-state index >= 15 is 0 Å². The molecule has 122 valence electrons. The number of carbonyl (C=O) groups is 3. The van der Waals surface area contributed by atoms with E-state index in [1.54, 1.807) is 36.3 Å². The summed E-state index contributed by atoms with van der Waals surface area (Å²) in [5, 5.41) is 5.37. The lowest BCUT2D eigenvalue weighted by Gasteiger charge is -2.43. The molecule has 4 amide bonds. The van der Waals surface area contributed by atoms with Gasteiger partial charge in [-0.05, 0) is 12.1 Å². The molecule has 0 saturated carbocycles. The zero-order valence-corrected chi connectivity index (χ0v) is 12.7. The molecule has 1 aromatic rings. The van der Waals surface area contributed by atoms with Gasteiger partial charge in [0.15, 0.2) is 0 Å². The standard InChI is InChI=1S/C15H18N4O4/c1-23-12-4-2-3-10(7-12)17-15(22)18-5-6-19-11(9-18)8-16-13(20)14(19)21/h2-4,7,11H,5-6,8-9H2,1H3,(H,16,20)(H,17,22)/t11-/m0/s1. The van der Waals surface area contributed by atoms with Crippen molar-refractivity contribution in [1.29, 1.82) is 0 Å². The van der Waals surface area contributed by atoms with Crippen LogP contribution in [0.2, 0.25) is 0 Å². The number of fused-ring (bicyclic) bond motifs is 1. The molecule has 0 aliphatic carbocycles. The van der Waals surface area contributed by atoms with Crippen molar-refractivity contribution in [2.24, 2.45) is 0 Å². The number of amides is 4.